The molecule has 3 aliphatic rings. The highest BCUT2D eigenvalue weighted by atomic mass is 15.1. The molecule has 0 fully saturated rings. The van der Waals surface area contributed by atoms with E-state index in [4.69, 9.17) is 9.97 Å². The van der Waals surface area contributed by atoms with Crippen LogP contribution in [0, 0.1) is 0 Å². The summed E-state index contributed by atoms with van der Waals surface area (Å²) in [5, 5.41) is 4.87. The zero-order valence-electron chi connectivity index (χ0n) is 41.1. The van der Waals surface area contributed by atoms with Gasteiger partial charge in [0.2, 0.25) is 0 Å². The summed E-state index contributed by atoms with van der Waals surface area (Å²) in [5.74, 6) is 2.02. The van der Waals surface area contributed by atoms with E-state index in [0.29, 0.717) is 0 Å². The van der Waals surface area contributed by atoms with E-state index in [2.05, 4.69) is 252 Å². The Kier molecular flexibility index (Phi) is 10.9. The lowest BCUT2D eigenvalue weighted by molar-refractivity contribution is 0.892. The van der Waals surface area contributed by atoms with Crippen LogP contribution in [0.4, 0.5) is 0 Å². The monoisotopic (exact) mass is 948 g/mol. The first-order chi connectivity index (χ1) is 36.8. The van der Waals surface area contributed by atoms with Crippen molar-refractivity contribution in [1.29, 1.82) is 0 Å². The normalized spacial score (nSPS) is 14.8. The summed E-state index contributed by atoms with van der Waals surface area (Å²) in [6, 6.07) is 72.1. The zero-order valence-corrected chi connectivity index (χ0v) is 41.1. The second-order valence-electron chi connectivity index (χ2n) is 19.7. The lowest BCUT2D eigenvalue weighted by Crippen LogP contribution is -2.07. The van der Waals surface area contributed by atoms with E-state index in [1.165, 1.54) is 94.0 Å². The second-order valence-corrected chi connectivity index (χ2v) is 19.7. The highest BCUT2D eigenvalue weighted by Gasteiger charge is 2.29. The van der Waals surface area contributed by atoms with Crippen LogP contribution in [0.2, 0.25) is 0 Å². The van der Waals surface area contributed by atoms with E-state index in [9.17, 15) is 0 Å². The molecule has 0 spiro atoms. The molecule has 352 valence electrons. The van der Waals surface area contributed by atoms with Crippen molar-refractivity contribution in [2.75, 3.05) is 0 Å². The summed E-state index contributed by atoms with van der Waals surface area (Å²) in [6.07, 6.45) is 22.2. The van der Waals surface area contributed by atoms with Gasteiger partial charge in [0.1, 0.15) is 11.6 Å². The SMILES string of the molecule is C1=CC(n2c(C3=CC=C(C4=CC=C(c5nc6c(-c7ccccc7)c7ccccc7c(-c7ccccc7)c6n5-c5ccccc5)CC4)CC3)nc3c(-c4ccccc4)c4ccccc4c(-c4ccccc4)c32)=CCC1. The fourth-order valence-corrected chi connectivity index (χ4v) is 12.0. The van der Waals surface area contributed by atoms with Gasteiger partial charge in [-0.15, -0.1) is 0 Å². The first kappa shape index (κ1) is 43.7. The molecule has 4 heteroatoms. The lowest BCUT2D eigenvalue weighted by atomic mass is 9.87. The third-order valence-corrected chi connectivity index (χ3v) is 15.4. The molecule has 11 aromatic rings. The largest absolute Gasteiger partial charge is 0.292 e. The first-order valence-electron chi connectivity index (χ1n) is 26.2. The number of rotatable bonds is 9. The summed E-state index contributed by atoms with van der Waals surface area (Å²) < 4.78 is 4.93. The van der Waals surface area contributed by atoms with Gasteiger partial charge in [0, 0.05) is 33.6 Å². The molecular formula is C70H52N4. The third-order valence-electron chi connectivity index (χ3n) is 15.4. The zero-order chi connectivity index (χ0) is 49.0. The molecule has 2 heterocycles. The van der Waals surface area contributed by atoms with Crippen molar-refractivity contribution in [3.63, 3.8) is 0 Å². The molecule has 0 unspecified atom stereocenters. The van der Waals surface area contributed by atoms with Gasteiger partial charge < -0.3 is 0 Å². The molecule has 0 saturated heterocycles. The Morgan fingerprint density at radius 1 is 0.324 bits per heavy atom. The fraction of sp³-hybridized carbons (Fsp3) is 0.0857. The van der Waals surface area contributed by atoms with Gasteiger partial charge in [-0.05, 0) is 123 Å². The number of hydrogen-bond donors (Lipinski definition) is 0. The van der Waals surface area contributed by atoms with Crippen LogP contribution < -0.4 is 0 Å². The summed E-state index contributed by atoms with van der Waals surface area (Å²) in [5.41, 5.74) is 21.4. The van der Waals surface area contributed by atoms with Gasteiger partial charge in [0.25, 0.3) is 0 Å². The average molecular weight is 949 g/mol. The Morgan fingerprint density at radius 2 is 0.676 bits per heavy atom. The van der Waals surface area contributed by atoms with Gasteiger partial charge in [0.05, 0.1) is 22.1 Å². The number of imidazole rings is 2. The molecular weight excluding hydrogens is 897 g/mol. The van der Waals surface area contributed by atoms with Crippen LogP contribution in [0.1, 0.15) is 50.2 Å². The maximum Gasteiger partial charge on any atom is 0.141 e. The number of aromatic nitrogens is 4. The Morgan fingerprint density at radius 3 is 1.08 bits per heavy atom. The topological polar surface area (TPSA) is 35.6 Å². The van der Waals surface area contributed by atoms with E-state index < -0.39 is 0 Å². The van der Waals surface area contributed by atoms with Crippen LogP contribution in [0.5, 0.6) is 0 Å². The van der Waals surface area contributed by atoms with Crippen molar-refractivity contribution in [2.24, 2.45) is 0 Å². The maximum absolute atomic E-state index is 5.78. The Bertz CT molecular complexity index is 4180. The van der Waals surface area contributed by atoms with Crippen LogP contribution >= 0.6 is 0 Å². The van der Waals surface area contributed by atoms with E-state index >= 15 is 0 Å². The number of hydrogen-bond acceptors (Lipinski definition) is 2. The molecule has 0 atom stereocenters. The minimum Gasteiger partial charge on any atom is -0.292 e. The standard InChI is InChI=1S/C70H52N4/c1-7-23-49(24-8-1)61-57-35-19-21-37-59(57)63(51-27-11-3-12-28-51)67-65(61)71-69(73(67)55-31-15-5-16-32-55)53-43-39-47(40-44-53)48-41-45-54(46-42-48)70-72-66-62(50-25-9-2-10-26-50)58-36-20-22-38-60(58)64(52-29-13-4-14-30-52)68(66)74(70)56-33-17-6-18-34-56/h1-5,7-17,19-39,41,43,45H,6,18,40,42,44,46H2. The van der Waals surface area contributed by atoms with Gasteiger partial charge in [-0.2, -0.15) is 0 Å². The lowest BCUT2D eigenvalue weighted by Gasteiger charge is -2.22. The average Bonchev–Trinajstić information content (AvgIpc) is 4.08. The van der Waals surface area contributed by atoms with Gasteiger partial charge in [-0.1, -0.05) is 225 Å². The van der Waals surface area contributed by atoms with Crippen molar-refractivity contribution in [3.05, 3.63) is 266 Å². The highest BCUT2D eigenvalue weighted by molar-refractivity contribution is 6.22. The number of fused-ring (bicyclic) bond motifs is 4. The molecule has 74 heavy (non-hydrogen) atoms. The summed E-state index contributed by atoms with van der Waals surface area (Å²) in [6.45, 7) is 0. The van der Waals surface area contributed by atoms with Gasteiger partial charge in [0.15, 0.2) is 0 Å². The maximum atomic E-state index is 5.78. The van der Waals surface area contributed by atoms with Crippen molar-refractivity contribution in [2.45, 2.75) is 38.5 Å². The quantitative estimate of drug-likeness (QED) is 0.145. The minimum atomic E-state index is 0.880. The van der Waals surface area contributed by atoms with Crippen LogP contribution in [0.3, 0.4) is 0 Å². The van der Waals surface area contributed by atoms with Crippen molar-refractivity contribution >= 4 is 60.5 Å². The molecule has 0 radical (unpaired) electrons. The fourth-order valence-electron chi connectivity index (χ4n) is 12.0. The number of benzene rings is 9. The minimum absolute atomic E-state index is 0.880. The van der Waals surface area contributed by atoms with E-state index in [1.54, 1.807) is 0 Å². The van der Waals surface area contributed by atoms with Crippen molar-refractivity contribution in [1.82, 2.24) is 19.1 Å². The Hall–Kier alpha value is -9.12. The first-order valence-corrected chi connectivity index (χ1v) is 26.2. The molecule has 0 aliphatic heterocycles. The third kappa shape index (κ3) is 7.36. The van der Waals surface area contributed by atoms with E-state index in [1.807, 2.05) is 0 Å². The number of nitrogens with zero attached hydrogens (tertiary/aromatic N) is 4. The van der Waals surface area contributed by atoms with Crippen molar-refractivity contribution in [3.8, 4) is 50.2 Å². The van der Waals surface area contributed by atoms with Gasteiger partial charge >= 0.3 is 0 Å². The second kappa shape index (κ2) is 18.5. The predicted octanol–water partition coefficient (Wildman–Crippen LogP) is 18.4. The molecule has 2 aromatic heterocycles. The molecule has 0 N–H and O–H groups in total. The van der Waals surface area contributed by atoms with Crippen LogP contribution in [0.15, 0.2) is 254 Å². The summed E-state index contributed by atoms with van der Waals surface area (Å²) >= 11 is 0. The molecule has 9 aromatic carbocycles. The van der Waals surface area contributed by atoms with Crippen LogP contribution in [0.25, 0.3) is 111 Å². The summed E-state index contributed by atoms with van der Waals surface area (Å²) in [7, 11) is 0. The predicted molar refractivity (Wildman–Crippen MR) is 311 cm³/mol. The highest BCUT2D eigenvalue weighted by Crippen LogP contribution is 2.49. The number of allylic oxidation sites excluding steroid dienone is 12. The Labute approximate surface area is 431 Å². The molecule has 0 bridgehead atoms. The van der Waals surface area contributed by atoms with Crippen LogP contribution in [-0.2, 0) is 0 Å². The molecule has 0 saturated carbocycles. The molecule has 4 nitrogen and oxygen atoms in total. The molecule has 14 rings (SSSR count). The molecule has 0 amide bonds. The molecule has 3 aliphatic carbocycles. The van der Waals surface area contributed by atoms with E-state index in [0.717, 1.165) is 77.9 Å². The Balaban J connectivity index is 0.928. The van der Waals surface area contributed by atoms with E-state index in [-0.39, 0.29) is 0 Å². The smallest absolute Gasteiger partial charge is 0.141 e. The summed E-state index contributed by atoms with van der Waals surface area (Å²) in [4.78, 5) is 11.5. The van der Waals surface area contributed by atoms with Crippen molar-refractivity contribution < 1.29 is 0 Å². The van der Waals surface area contributed by atoms with Gasteiger partial charge in [-0.25, -0.2) is 9.97 Å². The number of para-hydroxylation sites is 1. The van der Waals surface area contributed by atoms with Crippen LogP contribution in [-0.4, -0.2) is 19.1 Å². The van der Waals surface area contributed by atoms with Gasteiger partial charge in [-0.3, -0.25) is 9.13 Å².